The molecule has 0 amide bonds. The van der Waals surface area contributed by atoms with Gasteiger partial charge >= 0.3 is 0 Å². The predicted molar refractivity (Wildman–Crippen MR) is 273 cm³/mol. The molecule has 0 aliphatic heterocycles. The summed E-state index contributed by atoms with van der Waals surface area (Å²) in [4.78, 5) is 0. The fourth-order valence-electron chi connectivity index (χ4n) is 10.6. The maximum absolute atomic E-state index is 2.52. The van der Waals surface area contributed by atoms with Crippen LogP contribution in [-0.4, -0.2) is 13.7 Å². The van der Waals surface area contributed by atoms with Gasteiger partial charge in [-0.25, -0.2) is 0 Å². The summed E-state index contributed by atoms with van der Waals surface area (Å²) >= 11 is 1.88. The Kier molecular flexibility index (Phi) is 7.56. The van der Waals surface area contributed by atoms with E-state index in [9.17, 15) is 0 Å². The second kappa shape index (κ2) is 13.7. The molecule has 4 aromatic heterocycles. The van der Waals surface area contributed by atoms with E-state index in [0.29, 0.717) is 0 Å². The van der Waals surface area contributed by atoms with Crippen molar-refractivity contribution >= 4 is 96.9 Å². The lowest BCUT2D eigenvalue weighted by Gasteiger charge is -2.14. The lowest BCUT2D eigenvalue weighted by Crippen LogP contribution is -1.97. The van der Waals surface area contributed by atoms with Gasteiger partial charge in [0, 0.05) is 63.9 Å². The number of hydrogen-bond acceptors (Lipinski definition) is 1. The molecule has 0 bridgehead atoms. The van der Waals surface area contributed by atoms with E-state index in [1.54, 1.807) is 0 Å². The zero-order valence-corrected chi connectivity index (χ0v) is 35.4. The first kappa shape index (κ1) is 35.4. The quantitative estimate of drug-likeness (QED) is 0.164. The van der Waals surface area contributed by atoms with Gasteiger partial charge in [0.2, 0.25) is 0 Å². The minimum Gasteiger partial charge on any atom is -0.309 e. The van der Waals surface area contributed by atoms with Crippen LogP contribution in [-0.2, 0) is 0 Å². The van der Waals surface area contributed by atoms with E-state index < -0.39 is 0 Å². The second-order valence-electron chi connectivity index (χ2n) is 16.9. The molecule has 0 saturated heterocycles. The normalized spacial score (nSPS) is 12.1. The van der Waals surface area contributed by atoms with Gasteiger partial charge in [-0.05, 0) is 107 Å². The largest absolute Gasteiger partial charge is 0.309 e. The molecular weight excluding hydrogens is 795 g/mol. The SMILES string of the molecule is c1ccc(-c2cccc(-c3cc(-n4c5ccccc5c5cc(-n6c7ccccc7c7cc(-n8c9ccccc9c9ccccc98)ccc76)ccc54)c4c(c3)sc3ccccc34)c2)cc1. The first-order valence-corrected chi connectivity index (χ1v) is 22.7. The number of para-hydroxylation sites is 4. The number of hydrogen-bond donors (Lipinski definition) is 0. The zero-order valence-electron chi connectivity index (χ0n) is 34.6. The van der Waals surface area contributed by atoms with Gasteiger partial charge in [-0.2, -0.15) is 0 Å². The van der Waals surface area contributed by atoms with E-state index in [1.807, 2.05) is 11.3 Å². The van der Waals surface area contributed by atoms with Gasteiger partial charge in [-0.1, -0.05) is 140 Å². The van der Waals surface area contributed by atoms with E-state index >= 15 is 0 Å². The topological polar surface area (TPSA) is 14.8 Å². The number of fused-ring (bicyclic) bond motifs is 12. The first-order valence-electron chi connectivity index (χ1n) is 21.9. The predicted octanol–water partition coefficient (Wildman–Crippen LogP) is 16.7. The first-order chi connectivity index (χ1) is 31.7. The molecule has 0 atom stereocenters. The maximum atomic E-state index is 2.52. The van der Waals surface area contributed by atoms with Gasteiger partial charge in [0.25, 0.3) is 0 Å². The molecule has 0 radical (unpaired) electrons. The molecule has 10 aromatic carbocycles. The summed E-state index contributed by atoms with van der Waals surface area (Å²) in [5.74, 6) is 0. The van der Waals surface area contributed by atoms with Crippen molar-refractivity contribution in [3.63, 3.8) is 0 Å². The average Bonchev–Trinajstić information content (AvgIpc) is 4.10. The van der Waals surface area contributed by atoms with Crippen LogP contribution in [0.4, 0.5) is 0 Å². The molecule has 64 heavy (non-hydrogen) atoms. The van der Waals surface area contributed by atoms with Crippen LogP contribution in [0.25, 0.3) is 125 Å². The summed E-state index contributed by atoms with van der Waals surface area (Å²) in [7, 11) is 0. The fraction of sp³-hybridized carbons (Fsp3) is 0. The van der Waals surface area contributed by atoms with Crippen LogP contribution in [0, 0.1) is 0 Å². The third-order valence-corrected chi connectivity index (χ3v) is 14.5. The highest BCUT2D eigenvalue weighted by Crippen LogP contribution is 2.45. The summed E-state index contributed by atoms with van der Waals surface area (Å²) in [5, 5.41) is 10.0. The standard InChI is InChI=1S/C60H37N3S/c1-2-15-38(16-3-1)39-17-14-18-40(33-39)41-34-57(60-48-23-8-13-28-58(48)64-59(60)35-41)63-54-27-12-7-22-47(54)50-37-43(30-32-56(50)63)62-53-26-11-6-21-46(53)49-36-42(29-31-55(49)62)61-51-24-9-4-19-44(51)45-20-5-10-25-52(45)61/h1-37H. The molecule has 14 aromatic rings. The van der Waals surface area contributed by atoms with Crippen molar-refractivity contribution in [2.75, 3.05) is 0 Å². The minimum atomic E-state index is 1.14. The van der Waals surface area contributed by atoms with Gasteiger partial charge in [0.15, 0.2) is 0 Å². The Hall–Kier alpha value is -8.18. The number of nitrogens with zero attached hydrogens (tertiary/aromatic N) is 3. The van der Waals surface area contributed by atoms with Gasteiger partial charge in [0.1, 0.15) is 0 Å². The fourth-order valence-corrected chi connectivity index (χ4v) is 11.8. The van der Waals surface area contributed by atoms with Crippen LogP contribution < -0.4 is 0 Å². The molecule has 14 rings (SSSR count). The average molecular weight is 832 g/mol. The summed E-state index contributed by atoms with van der Waals surface area (Å²) in [6.45, 7) is 0. The third-order valence-electron chi connectivity index (χ3n) is 13.4. The molecule has 4 heterocycles. The molecule has 0 unspecified atom stereocenters. The number of rotatable bonds is 5. The highest BCUT2D eigenvalue weighted by atomic mass is 32.1. The number of aromatic nitrogens is 3. The van der Waals surface area contributed by atoms with Crippen molar-refractivity contribution in [1.82, 2.24) is 13.7 Å². The van der Waals surface area contributed by atoms with E-state index in [1.165, 1.54) is 114 Å². The molecule has 0 aliphatic carbocycles. The third kappa shape index (κ3) is 5.15. The van der Waals surface area contributed by atoms with Crippen LogP contribution in [0.15, 0.2) is 224 Å². The van der Waals surface area contributed by atoms with Crippen molar-refractivity contribution in [1.29, 1.82) is 0 Å². The van der Waals surface area contributed by atoms with Gasteiger partial charge in [-0.15, -0.1) is 11.3 Å². The van der Waals surface area contributed by atoms with Crippen LogP contribution in [0.2, 0.25) is 0 Å². The van der Waals surface area contributed by atoms with Crippen molar-refractivity contribution in [3.8, 4) is 39.3 Å². The van der Waals surface area contributed by atoms with E-state index in [0.717, 1.165) is 11.4 Å². The highest BCUT2D eigenvalue weighted by molar-refractivity contribution is 7.26. The van der Waals surface area contributed by atoms with Gasteiger partial charge in [0.05, 0.1) is 38.8 Å². The Labute approximate surface area is 372 Å². The van der Waals surface area contributed by atoms with Crippen LogP contribution in [0.5, 0.6) is 0 Å². The van der Waals surface area contributed by atoms with Crippen molar-refractivity contribution in [3.05, 3.63) is 224 Å². The van der Waals surface area contributed by atoms with Crippen molar-refractivity contribution in [2.24, 2.45) is 0 Å². The molecule has 0 saturated carbocycles. The minimum absolute atomic E-state index is 1.14. The van der Waals surface area contributed by atoms with Crippen LogP contribution in [0.3, 0.4) is 0 Å². The van der Waals surface area contributed by atoms with E-state index in [-0.39, 0.29) is 0 Å². The number of benzene rings is 10. The van der Waals surface area contributed by atoms with Crippen LogP contribution >= 0.6 is 11.3 Å². The molecule has 4 heteroatoms. The highest BCUT2D eigenvalue weighted by Gasteiger charge is 2.21. The lowest BCUT2D eigenvalue weighted by molar-refractivity contribution is 1.16. The lowest BCUT2D eigenvalue weighted by atomic mass is 9.97. The Morgan fingerprint density at radius 1 is 0.250 bits per heavy atom. The van der Waals surface area contributed by atoms with Crippen molar-refractivity contribution in [2.45, 2.75) is 0 Å². The molecule has 0 fully saturated rings. The maximum Gasteiger partial charge on any atom is 0.0561 e. The summed E-state index contributed by atoms with van der Waals surface area (Å²) in [5.41, 5.74) is 15.5. The Bertz CT molecular complexity index is 4140. The van der Waals surface area contributed by atoms with E-state index in [4.69, 9.17) is 0 Å². The molecular formula is C60H37N3S. The molecule has 0 spiro atoms. The van der Waals surface area contributed by atoms with Gasteiger partial charge < -0.3 is 13.7 Å². The van der Waals surface area contributed by atoms with Crippen molar-refractivity contribution < 1.29 is 0 Å². The molecule has 0 N–H and O–H groups in total. The van der Waals surface area contributed by atoms with E-state index in [2.05, 4.69) is 238 Å². The summed E-state index contributed by atoms with van der Waals surface area (Å²) in [6.07, 6.45) is 0. The monoisotopic (exact) mass is 831 g/mol. The zero-order chi connectivity index (χ0) is 41.9. The molecule has 298 valence electrons. The second-order valence-corrected chi connectivity index (χ2v) is 18.0. The van der Waals surface area contributed by atoms with Crippen LogP contribution in [0.1, 0.15) is 0 Å². The van der Waals surface area contributed by atoms with Gasteiger partial charge in [-0.3, -0.25) is 0 Å². The smallest absolute Gasteiger partial charge is 0.0561 e. The Morgan fingerprint density at radius 2 is 0.688 bits per heavy atom. The summed E-state index contributed by atoms with van der Waals surface area (Å²) < 4.78 is 9.97. The number of thiophene rings is 1. The summed E-state index contributed by atoms with van der Waals surface area (Å²) in [6, 6.07) is 82.7. The molecule has 0 aliphatic rings. The molecule has 3 nitrogen and oxygen atoms in total. The Balaban J connectivity index is 0.991. The Morgan fingerprint density at radius 3 is 1.28 bits per heavy atom.